The first-order valence-corrected chi connectivity index (χ1v) is 8.57. The van der Waals surface area contributed by atoms with E-state index in [1.807, 2.05) is 20.8 Å². The molecular weight excluding hydrogens is 327 g/mol. The molecule has 1 unspecified atom stereocenters. The maximum atomic E-state index is 12.7. The van der Waals surface area contributed by atoms with Crippen LogP contribution in [0.2, 0.25) is 0 Å². The second kappa shape index (κ2) is 6.75. The van der Waals surface area contributed by atoms with E-state index < -0.39 is 11.9 Å². The average Bonchev–Trinajstić information content (AvgIpc) is 2.85. The Labute approximate surface area is 138 Å². The van der Waals surface area contributed by atoms with E-state index in [2.05, 4.69) is 10.3 Å². The molecule has 0 radical (unpaired) electrons. The van der Waals surface area contributed by atoms with Gasteiger partial charge in [-0.15, -0.1) is 11.8 Å². The monoisotopic (exact) mass is 349 g/mol. The molecule has 0 spiro atoms. The number of aromatic nitrogens is 2. The molecule has 8 heteroatoms. The fourth-order valence-corrected chi connectivity index (χ4v) is 3.08. The molecule has 1 aromatic heterocycles. The number of imidazole rings is 1. The summed E-state index contributed by atoms with van der Waals surface area (Å²) in [5, 5.41) is 2.88. The van der Waals surface area contributed by atoms with Crippen LogP contribution in [0.5, 0.6) is 0 Å². The number of hydrogen-bond acceptors (Lipinski definition) is 3. The number of fused-ring (bicyclic) bond motifs is 1. The van der Waals surface area contributed by atoms with Gasteiger partial charge in [-0.05, 0) is 12.3 Å². The number of aryl methyl sites for hydroxylation is 1. The van der Waals surface area contributed by atoms with Crippen LogP contribution < -0.4 is 5.32 Å². The lowest BCUT2D eigenvalue weighted by molar-refractivity contribution is -0.141. The minimum absolute atomic E-state index is 0.0296. The lowest BCUT2D eigenvalue weighted by Crippen LogP contribution is -2.35. The highest BCUT2D eigenvalue weighted by molar-refractivity contribution is 8.01. The van der Waals surface area contributed by atoms with Gasteiger partial charge < -0.3 is 9.88 Å². The molecule has 1 amide bonds. The third-order valence-corrected chi connectivity index (χ3v) is 4.88. The Morgan fingerprint density at radius 2 is 2.13 bits per heavy atom. The quantitative estimate of drug-likeness (QED) is 0.909. The molecule has 1 aliphatic heterocycles. The lowest BCUT2D eigenvalue weighted by atomic mass is 9.99. The molecule has 1 aliphatic rings. The van der Waals surface area contributed by atoms with Gasteiger partial charge >= 0.3 is 6.18 Å². The molecule has 4 nitrogen and oxygen atoms in total. The van der Waals surface area contributed by atoms with E-state index in [-0.39, 0.29) is 16.6 Å². The summed E-state index contributed by atoms with van der Waals surface area (Å²) in [6, 6.07) is 0. The molecule has 1 aromatic rings. The van der Waals surface area contributed by atoms with Crippen molar-refractivity contribution in [1.29, 1.82) is 0 Å². The van der Waals surface area contributed by atoms with Crippen molar-refractivity contribution in [1.82, 2.24) is 14.9 Å². The topological polar surface area (TPSA) is 46.9 Å². The van der Waals surface area contributed by atoms with Crippen LogP contribution in [0, 0.1) is 5.92 Å². The normalized spacial score (nSPS) is 18.6. The fourth-order valence-electron chi connectivity index (χ4n) is 2.41. The largest absolute Gasteiger partial charge is 0.434 e. The van der Waals surface area contributed by atoms with Gasteiger partial charge in [-0.3, -0.25) is 4.79 Å². The number of carbonyl (C=O) groups is 1. The van der Waals surface area contributed by atoms with E-state index in [1.165, 1.54) is 0 Å². The van der Waals surface area contributed by atoms with Crippen LogP contribution in [0.4, 0.5) is 13.2 Å². The number of thioether (sulfide) groups is 1. The van der Waals surface area contributed by atoms with E-state index >= 15 is 0 Å². The molecule has 0 fully saturated rings. The van der Waals surface area contributed by atoms with E-state index in [4.69, 9.17) is 0 Å². The number of nitrogens with one attached hydrogen (secondary N) is 1. The molecule has 0 saturated heterocycles. The van der Waals surface area contributed by atoms with Gasteiger partial charge in [0.25, 0.3) is 0 Å². The van der Waals surface area contributed by atoms with Crippen LogP contribution in [0.15, 0.2) is 6.20 Å². The van der Waals surface area contributed by atoms with Crippen molar-refractivity contribution in [2.24, 2.45) is 5.92 Å². The summed E-state index contributed by atoms with van der Waals surface area (Å²) in [6.07, 6.45) is -2.09. The van der Waals surface area contributed by atoms with Crippen LogP contribution in [0.1, 0.15) is 38.7 Å². The number of rotatable bonds is 4. The fraction of sp³-hybridized carbons (Fsp3) is 0.733. The number of nitrogens with zero attached hydrogens (tertiary/aromatic N) is 2. The summed E-state index contributed by atoms with van der Waals surface area (Å²) in [5.41, 5.74) is -0.834. The van der Waals surface area contributed by atoms with Crippen LogP contribution in [-0.4, -0.2) is 32.5 Å². The highest BCUT2D eigenvalue weighted by Gasteiger charge is 2.35. The summed E-state index contributed by atoms with van der Waals surface area (Å²) < 4.78 is 39.6. The van der Waals surface area contributed by atoms with Crippen molar-refractivity contribution >= 4 is 17.7 Å². The zero-order valence-corrected chi connectivity index (χ0v) is 14.4. The lowest BCUT2D eigenvalue weighted by Gasteiger charge is -2.24. The van der Waals surface area contributed by atoms with Crippen molar-refractivity contribution in [3.05, 3.63) is 17.7 Å². The third-order valence-electron chi connectivity index (χ3n) is 3.60. The molecule has 1 atom stereocenters. The molecule has 23 heavy (non-hydrogen) atoms. The Bertz CT molecular complexity index is 563. The molecule has 130 valence electrons. The first-order chi connectivity index (χ1) is 10.5. The van der Waals surface area contributed by atoms with Crippen LogP contribution in [0.3, 0.4) is 0 Å². The minimum Gasteiger partial charge on any atom is -0.355 e. The molecule has 2 rings (SSSR count). The van der Waals surface area contributed by atoms with Gasteiger partial charge in [-0.1, -0.05) is 20.8 Å². The maximum Gasteiger partial charge on any atom is 0.434 e. The van der Waals surface area contributed by atoms with Crippen LogP contribution in [0.25, 0.3) is 0 Å². The van der Waals surface area contributed by atoms with E-state index in [9.17, 15) is 18.0 Å². The van der Waals surface area contributed by atoms with Crippen molar-refractivity contribution < 1.29 is 18.0 Å². The van der Waals surface area contributed by atoms with Crippen molar-refractivity contribution in [2.75, 3.05) is 12.3 Å². The zero-order valence-electron chi connectivity index (χ0n) is 13.5. The number of halogens is 3. The average molecular weight is 349 g/mol. The number of alkyl halides is 3. The first-order valence-electron chi connectivity index (χ1n) is 7.58. The predicted octanol–water partition coefficient (Wildman–Crippen LogP) is 3.11. The molecule has 2 heterocycles. The molecule has 1 N–H and O–H groups in total. The van der Waals surface area contributed by atoms with Gasteiger partial charge in [0.15, 0.2) is 5.69 Å². The zero-order chi connectivity index (χ0) is 17.3. The minimum atomic E-state index is -4.40. The van der Waals surface area contributed by atoms with Crippen LogP contribution in [-0.2, 0) is 23.9 Å². The molecule has 0 aliphatic carbocycles. The van der Waals surface area contributed by atoms with E-state index in [1.54, 1.807) is 16.3 Å². The summed E-state index contributed by atoms with van der Waals surface area (Å²) >= 11 is 1.57. The SMILES string of the molecule is CC(C)(C)SCC(=O)NCC1CCc2nc(C(F)(F)F)cn2C1. The number of hydrogen-bond donors (Lipinski definition) is 1. The first kappa shape index (κ1) is 18.2. The standard InChI is InChI=1S/C15H22F3N3OS/c1-14(2,3)23-9-13(22)19-6-10-4-5-12-20-11(15(16,17)18)8-21(12)7-10/h8,10H,4-7,9H2,1-3H3,(H,19,22). The van der Waals surface area contributed by atoms with E-state index in [0.29, 0.717) is 31.1 Å². The molecular formula is C15H22F3N3OS. The molecule has 0 aromatic carbocycles. The summed E-state index contributed by atoms with van der Waals surface area (Å²) in [4.78, 5) is 15.5. The van der Waals surface area contributed by atoms with Gasteiger partial charge in [-0.25, -0.2) is 4.98 Å². The summed E-state index contributed by atoms with van der Waals surface area (Å²) in [6.45, 7) is 7.09. The van der Waals surface area contributed by atoms with Crippen LogP contribution >= 0.6 is 11.8 Å². The van der Waals surface area contributed by atoms with Gasteiger partial charge in [0, 0.05) is 30.5 Å². The highest BCUT2D eigenvalue weighted by Crippen LogP contribution is 2.30. The van der Waals surface area contributed by atoms with Crippen molar-refractivity contribution in [3.63, 3.8) is 0 Å². The smallest absolute Gasteiger partial charge is 0.355 e. The Hall–Kier alpha value is -1.18. The second-order valence-electron chi connectivity index (χ2n) is 6.80. The Balaban J connectivity index is 1.83. The number of amides is 1. The van der Waals surface area contributed by atoms with Crippen molar-refractivity contribution in [3.8, 4) is 0 Å². The Morgan fingerprint density at radius 3 is 2.74 bits per heavy atom. The Kier molecular flexibility index (Phi) is 5.33. The molecule has 0 bridgehead atoms. The summed E-state index contributed by atoms with van der Waals surface area (Å²) in [5.74, 6) is 0.979. The Morgan fingerprint density at radius 1 is 1.43 bits per heavy atom. The van der Waals surface area contributed by atoms with Gasteiger partial charge in [0.2, 0.25) is 5.91 Å². The number of carbonyl (C=O) groups excluding carboxylic acids is 1. The van der Waals surface area contributed by atoms with Crippen molar-refractivity contribution in [2.45, 2.75) is 51.1 Å². The predicted molar refractivity (Wildman–Crippen MR) is 84.3 cm³/mol. The van der Waals surface area contributed by atoms with Gasteiger partial charge in [0.1, 0.15) is 5.82 Å². The third kappa shape index (κ3) is 5.44. The summed E-state index contributed by atoms with van der Waals surface area (Å²) in [7, 11) is 0. The van der Waals surface area contributed by atoms with Gasteiger partial charge in [0.05, 0.1) is 5.75 Å². The highest BCUT2D eigenvalue weighted by atomic mass is 32.2. The maximum absolute atomic E-state index is 12.7. The van der Waals surface area contributed by atoms with Gasteiger partial charge in [-0.2, -0.15) is 13.2 Å². The molecule has 0 saturated carbocycles. The second-order valence-corrected chi connectivity index (χ2v) is 8.60. The van der Waals surface area contributed by atoms with E-state index in [0.717, 1.165) is 12.6 Å².